The lowest BCUT2D eigenvalue weighted by Gasteiger charge is -2.14. The van der Waals surface area contributed by atoms with Gasteiger partial charge in [0.25, 0.3) is 0 Å². The summed E-state index contributed by atoms with van der Waals surface area (Å²) in [5, 5.41) is 4.26. The third-order valence-corrected chi connectivity index (χ3v) is 3.97. The minimum absolute atomic E-state index is 0.0386. The Morgan fingerprint density at radius 3 is 2.64 bits per heavy atom. The van der Waals surface area contributed by atoms with E-state index in [0.29, 0.717) is 6.42 Å². The van der Waals surface area contributed by atoms with Crippen molar-refractivity contribution in [2.24, 2.45) is 0 Å². The summed E-state index contributed by atoms with van der Waals surface area (Å²) in [4.78, 5) is 15.4. The average Bonchev–Trinajstić information content (AvgIpc) is 2.97. The number of aromatic amines is 1. The van der Waals surface area contributed by atoms with E-state index in [9.17, 15) is 4.79 Å². The number of carbonyl (C=O) groups excluding carboxylic acids is 1. The Bertz CT molecular complexity index is 761. The van der Waals surface area contributed by atoms with Crippen LogP contribution in [0.3, 0.4) is 0 Å². The highest BCUT2D eigenvalue weighted by Gasteiger charge is 2.10. The van der Waals surface area contributed by atoms with Gasteiger partial charge in [0, 0.05) is 23.5 Å². The lowest BCUT2D eigenvalue weighted by Crippen LogP contribution is -2.26. The smallest absolute Gasteiger partial charge is 0.220 e. The maximum Gasteiger partial charge on any atom is 0.220 e. The number of hydrogen-bond acceptors (Lipinski definition) is 1. The van der Waals surface area contributed by atoms with Crippen LogP contribution >= 0.6 is 0 Å². The number of carbonyl (C=O) groups is 1. The molecule has 1 aromatic heterocycles. The van der Waals surface area contributed by atoms with Crippen molar-refractivity contribution >= 4 is 16.8 Å². The summed E-state index contributed by atoms with van der Waals surface area (Å²) in [6, 6.07) is 18.2. The number of benzene rings is 2. The third kappa shape index (κ3) is 3.19. The molecule has 0 unspecified atom stereocenters. The SMILES string of the molecule is C[C@H](NC(=O)CCc1c[nH]c2ccccc12)c1ccccc1. The van der Waals surface area contributed by atoms with Gasteiger partial charge in [0.15, 0.2) is 0 Å². The van der Waals surface area contributed by atoms with Gasteiger partial charge in [0.1, 0.15) is 0 Å². The van der Waals surface area contributed by atoms with Crippen molar-refractivity contribution in [2.45, 2.75) is 25.8 Å². The van der Waals surface area contributed by atoms with Gasteiger partial charge in [-0.2, -0.15) is 0 Å². The average molecular weight is 292 g/mol. The molecule has 3 nitrogen and oxygen atoms in total. The molecule has 0 aliphatic heterocycles. The second-order valence-electron chi connectivity index (χ2n) is 5.56. The molecule has 2 N–H and O–H groups in total. The van der Waals surface area contributed by atoms with Crippen LogP contribution in [-0.4, -0.2) is 10.9 Å². The molecule has 1 heterocycles. The molecule has 0 saturated carbocycles. The number of aromatic nitrogens is 1. The predicted molar refractivity (Wildman–Crippen MR) is 89.6 cm³/mol. The van der Waals surface area contributed by atoms with Crippen LogP contribution in [-0.2, 0) is 11.2 Å². The van der Waals surface area contributed by atoms with E-state index < -0.39 is 0 Å². The Morgan fingerprint density at radius 2 is 1.82 bits per heavy atom. The molecule has 22 heavy (non-hydrogen) atoms. The second-order valence-corrected chi connectivity index (χ2v) is 5.56. The van der Waals surface area contributed by atoms with E-state index in [1.165, 1.54) is 10.9 Å². The van der Waals surface area contributed by atoms with Gasteiger partial charge in [-0.15, -0.1) is 0 Å². The molecule has 0 fully saturated rings. The molecule has 0 aliphatic carbocycles. The summed E-state index contributed by atoms with van der Waals surface area (Å²) >= 11 is 0. The lowest BCUT2D eigenvalue weighted by atomic mass is 10.1. The molecule has 112 valence electrons. The Hall–Kier alpha value is -2.55. The van der Waals surface area contributed by atoms with Gasteiger partial charge in [-0.1, -0.05) is 48.5 Å². The van der Waals surface area contributed by atoms with Crippen molar-refractivity contribution in [3.8, 4) is 0 Å². The Labute approximate surface area is 130 Å². The van der Waals surface area contributed by atoms with Crippen LogP contribution in [0.15, 0.2) is 60.8 Å². The fourth-order valence-electron chi connectivity index (χ4n) is 2.73. The molecule has 1 atom stereocenters. The maximum atomic E-state index is 12.1. The van der Waals surface area contributed by atoms with Crippen molar-refractivity contribution in [1.82, 2.24) is 10.3 Å². The summed E-state index contributed by atoms with van der Waals surface area (Å²) in [6.07, 6.45) is 3.24. The molecule has 3 heteroatoms. The van der Waals surface area contributed by atoms with E-state index >= 15 is 0 Å². The van der Waals surface area contributed by atoms with E-state index in [1.807, 2.05) is 55.6 Å². The fourth-order valence-corrected chi connectivity index (χ4v) is 2.73. The summed E-state index contributed by atoms with van der Waals surface area (Å²) in [7, 11) is 0. The van der Waals surface area contributed by atoms with Gasteiger partial charge in [0.2, 0.25) is 5.91 Å². The monoisotopic (exact) mass is 292 g/mol. The molecule has 0 saturated heterocycles. The van der Waals surface area contributed by atoms with Gasteiger partial charge < -0.3 is 10.3 Å². The molecule has 2 aromatic carbocycles. The fraction of sp³-hybridized carbons (Fsp3) is 0.211. The normalized spacial score (nSPS) is 12.2. The van der Waals surface area contributed by atoms with E-state index in [4.69, 9.17) is 0 Å². The summed E-state index contributed by atoms with van der Waals surface area (Å²) in [5.41, 5.74) is 3.44. The number of para-hydroxylation sites is 1. The largest absolute Gasteiger partial charge is 0.361 e. The van der Waals surface area contributed by atoms with Crippen LogP contribution in [0.2, 0.25) is 0 Å². The number of rotatable bonds is 5. The predicted octanol–water partition coefficient (Wildman–Crippen LogP) is 3.98. The van der Waals surface area contributed by atoms with E-state index in [-0.39, 0.29) is 11.9 Å². The van der Waals surface area contributed by atoms with Crippen molar-refractivity contribution in [3.63, 3.8) is 0 Å². The molecule has 0 bridgehead atoms. The van der Waals surface area contributed by atoms with E-state index in [1.54, 1.807) is 0 Å². The first-order chi connectivity index (χ1) is 10.7. The van der Waals surface area contributed by atoms with Crippen molar-refractivity contribution < 1.29 is 4.79 Å². The number of H-pyrrole nitrogens is 1. The van der Waals surface area contributed by atoms with Gasteiger partial charge in [-0.05, 0) is 30.5 Å². The van der Waals surface area contributed by atoms with Gasteiger partial charge in [-0.3, -0.25) is 4.79 Å². The first kappa shape index (κ1) is 14.4. The zero-order valence-electron chi connectivity index (χ0n) is 12.7. The molecule has 0 aliphatic rings. The van der Waals surface area contributed by atoms with E-state index in [0.717, 1.165) is 17.5 Å². The Kier molecular flexibility index (Phi) is 4.24. The lowest BCUT2D eigenvalue weighted by molar-refractivity contribution is -0.121. The van der Waals surface area contributed by atoms with Gasteiger partial charge in [-0.25, -0.2) is 0 Å². The van der Waals surface area contributed by atoms with Crippen LogP contribution in [0.25, 0.3) is 10.9 Å². The molecule has 0 spiro atoms. The number of aryl methyl sites for hydroxylation is 1. The van der Waals surface area contributed by atoms with Gasteiger partial charge in [0.05, 0.1) is 6.04 Å². The first-order valence-corrected chi connectivity index (χ1v) is 7.63. The summed E-state index contributed by atoms with van der Waals surface area (Å²) < 4.78 is 0. The van der Waals surface area contributed by atoms with E-state index in [2.05, 4.69) is 22.4 Å². The van der Waals surface area contributed by atoms with Crippen LogP contribution in [0.4, 0.5) is 0 Å². The topological polar surface area (TPSA) is 44.9 Å². The Morgan fingerprint density at radius 1 is 1.09 bits per heavy atom. The summed E-state index contributed by atoms with van der Waals surface area (Å²) in [6.45, 7) is 2.01. The molecule has 1 amide bonds. The maximum absolute atomic E-state index is 12.1. The quantitative estimate of drug-likeness (QED) is 0.734. The molecule has 0 radical (unpaired) electrons. The highest BCUT2D eigenvalue weighted by atomic mass is 16.1. The highest BCUT2D eigenvalue weighted by Crippen LogP contribution is 2.19. The third-order valence-electron chi connectivity index (χ3n) is 3.97. The van der Waals surface area contributed by atoms with Crippen molar-refractivity contribution in [3.05, 3.63) is 71.9 Å². The molecular formula is C19H20N2O. The molecular weight excluding hydrogens is 272 g/mol. The number of amides is 1. The zero-order valence-corrected chi connectivity index (χ0v) is 12.7. The highest BCUT2D eigenvalue weighted by molar-refractivity contribution is 5.84. The zero-order chi connectivity index (χ0) is 15.4. The minimum atomic E-state index is 0.0386. The van der Waals surface area contributed by atoms with Gasteiger partial charge >= 0.3 is 0 Å². The number of hydrogen-bond donors (Lipinski definition) is 2. The van der Waals surface area contributed by atoms with Crippen molar-refractivity contribution in [2.75, 3.05) is 0 Å². The summed E-state index contributed by atoms with van der Waals surface area (Å²) in [5.74, 6) is 0.0848. The van der Waals surface area contributed by atoms with Crippen LogP contribution in [0.1, 0.15) is 30.5 Å². The second kappa shape index (κ2) is 6.48. The number of nitrogens with one attached hydrogen (secondary N) is 2. The van der Waals surface area contributed by atoms with Crippen LogP contribution < -0.4 is 5.32 Å². The van der Waals surface area contributed by atoms with Crippen LogP contribution in [0.5, 0.6) is 0 Å². The molecule has 3 rings (SSSR count). The molecule has 3 aromatic rings. The first-order valence-electron chi connectivity index (χ1n) is 7.63. The standard InChI is InChI=1S/C19H20N2O/c1-14(15-7-3-2-4-8-15)21-19(22)12-11-16-13-20-18-10-6-5-9-17(16)18/h2-10,13-14,20H,11-12H2,1H3,(H,21,22)/t14-/m0/s1. The van der Waals surface area contributed by atoms with Crippen LogP contribution in [0, 0.1) is 0 Å². The Balaban J connectivity index is 1.58. The number of fused-ring (bicyclic) bond motifs is 1. The minimum Gasteiger partial charge on any atom is -0.361 e. The van der Waals surface area contributed by atoms with Crippen molar-refractivity contribution in [1.29, 1.82) is 0 Å².